The highest BCUT2D eigenvalue weighted by Gasteiger charge is 2.36. The van der Waals surface area contributed by atoms with Crippen LogP contribution in [0.15, 0.2) is 18.2 Å². The van der Waals surface area contributed by atoms with Crippen molar-refractivity contribution in [3.8, 4) is 5.75 Å². The van der Waals surface area contributed by atoms with Gasteiger partial charge in [0.25, 0.3) is 0 Å². The Morgan fingerprint density at radius 2 is 2.23 bits per heavy atom. The molecule has 0 spiro atoms. The Balaban J connectivity index is 1.72. The van der Waals surface area contributed by atoms with Gasteiger partial charge in [-0.15, -0.1) is 0 Å². The second kappa shape index (κ2) is 6.16. The summed E-state index contributed by atoms with van der Waals surface area (Å²) in [7, 11) is 0. The Kier molecular flexibility index (Phi) is 4.25. The number of hydrogen-bond donors (Lipinski definition) is 1. The van der Waals surface area contributed by atoms with E-state index in [4.69, 9.17) is 21.4 Å². The molecule has 0 aliphatic carbocycles. The number of ether oxygens (including phenoxy) is 1. The number of rotatable bonds is 3. The molecule has 3 rings (SSSR count). The highest BCUT2D eigenvalue weighted by atomic mass is 35.5. The van der Waals surface area contributed by atoms with Crippen molar-refractivity contribution in [1.29, 1.82) is 0 Å². The van der Waals surface area contributed by atoms with Crippen LogP contribution >= 0.6 is 11.6 Å². The van der Waals surface area contributed by atoms with Crippen LogP contribution in [0.3, 0.4) is 0 Å². The van der Waals surface area contributed by atoms with E-state index < -0.39 is 5.97 Å². The van der Waals surface area contributed by atoms with Crippen LogP contribution in [0.5, 0.6) is 5.75 Å². The molecule has 1 amide bonds. The Hall–Kier alpha value is -1.75. The molecule has 5 nitrogen and oxygen atoms in total. The molecular weight excluding hydrogens is 306 g/mol. The van der Waals surface area contributed by atoms with Gasteiger partial charge >= 0.3 is 5.97 Å². The lowest BCUT2D eigenvalue weighted by Gasteiger charge is -2.31. The fourth-order valence-corrected chi connectivity index (χ4v) is 3.49. The zero-order chi connectivity index (χ0) is 15.7. The molecule has 1 N–H and O–H groups in total. The largest absolute Gasteiger partial charge is 0.492 e. The van der Waals surface area contributed by atoms with Gasteiger partial charge in [-0.2, -0.15) is 0 Å². The van der Waals surface area contributed by atoms with Crippen LogP contribution in [0.1, 0.15) is 24.8 Å². The molecule has 2 heterocycles. The molecule has 2 unspecified atom stereocenters. The summed E-state index contributed by atoms with van der Waals surface area (Å²) in [5, 5.41) is 9.59. The van der Waals surface area contributed by atoms with Crippen molar-refractivity contribution in [1.82, 2.24) is 4.90 Å². The fourth-order valence-electron chi connectivity index (χ4n) is 3.30. The average Bonchev–Trinajstić information content (AvgIpc) is 2.93. The van der Waals surface area contributed by atoms with Crippen LogP contribution in [0.25, 0.3) is 0 Å². The van der Waals surface area contributed by atoms with Crippen LogP contribution < -0.4 is 4.74 Å². The van der Waals surface area contributed by atoms with Gasteiger partial charge < -0.3 is 14.7 Å². The first-order valence-electron chi connectivity index (χ1n) is 7.48. The Labute approximate surface area is 133 Å². The molecule has 1 aromatic rings. The summed E-state index contributed by atoms with van der Waals surface area (Å²) in [6.07, 6.45) is 2.22. The standard InChI is InChI=1S/C16H18ClNO4/c17-12-3-4-14-10(7-12)6-11(9-22-14)16(21)18-5-1-2-13(18)8-15(19)20/h3-4,7,11,13H,1-2,5-6,8-9H2,(H,19,20). The van der Waals surface area contributed by atoms with Gasteiger partial charge in [0.05, 0.1) is 12.3 Å². The van der Waals surface area contributed by atoms with Crippen LogP contribution in [0.2, 0.25) is 5.02 Å². The molecule has 118 valence electrons. The molecule has 0 aromatic heterocycles. The number of carbonyl (C=O) groups is 2. The lowest BCUT2D eigenvalue weighted by Crippen LogP contribution is -2.44. The number of hydrogen-bond acceptors (Lipinski definition) is 3. The molecule has 0 saturated carbocycles. The van der Waals surface area contributed by atoms with E-state index in [2.05, 4.69) is 0 Å². The maximum absolute atomic E-state index is 12.7. The maximum atomic E-state index is 12.7. The molecule has 2 aliphatic rings. The van der Waals surface area contributed by atoms with Crippen LogP contribution in [0, 0.1) is 5.92 Å². The van der Waals surface area contributed by atoms with Crippen molar-refractivity contribution >= 4 is 23.5 Å². The summed E-state index contributed by atoms with van der Waals surface area (Å²) in [4.78, 5) is 25.4. The number of benzene rings is 1. The van der Waals surface area contributed by atoms with Crippen molar-refractivity contribution in [2.45, 2.75) is 31.7 Å². The molecule has 2 atom stereocenters. The number of amides is 1. The van der Waals surface area contributed by atoms with Crippen LogP contribution in [-0.2, 0) is 16.0 Å². The highest BCUT2D eigenvalue weighted by Crippen LogP contribution is 2.32. The Morgan fingerprint density at radius 3 is 3.00 bits per heavy atom. The van der Waals surface area contributed by atoms with E-state index >= 15 is 0 Å². The number of carboxylic acids is 1. The topological polar surface area (TPSA) is 66.8 Å². The molecule has 2 aliphatic heterocycles. The monoisotopic (exact) mass is 323 g/mol. The van der Waals surface area contributed by atoms with Gasteiger partial charge in [-0.05, 0) is 43.0 Å². The second-order valence-electron chi connectivity index (χ2n) is 5.89. The molecule has 6 heteroatoms. The molecule has 22 heavy (non-hydrogen) atoms. The minimum Gasteiger partial charge on any atom is -0.492 e. The van der Waals surface area contributed by atoms with Gasteiger partial charge in [0, 0.05) is 17.6 Å². The van der Waals surface area contributed by atoms with E-state index in [1.165, 1.54) is 0 Å². The van der Waals surface area contributed by atoms with Gasteiger partial charge in [0.15, 0.2) is 0 Å². The van der Waals surface area contributed by atoms with Crippen molar-refractivity contribution in [2.24, 2.45) is 5.92 Å². The van der Waals surface area contributed by atoms with Crippen LogP contribution in [-0.4, -0.2) is 41.1 Å². The van der Waals surface area contributed by atoms with E-state index in [-0.39, 0.29) is 24.3 Å². The lowest BCUT2D eigenvalue weighted by molar-refractivity contribution is -0.141. The second-order valence-corrected chi connectivity index (χ2v) is 6.33. The van der Waals surface area contributed by atoms with E-state index in [0.29, 0.717) is 24.6 Å². The summed E-state index contributed by atoms with van der Waals surface area (Å²) in [5.74, 6) is -0.353. The number of halogens is 1. The van der Waals surface area contributed by atoms with Crippen LogP contribution in [0.4, 0.5) is 0 Å². The first-order valence-corrected chi connectivity index (χ1v) is 7.86. The fraction of sp³-hybridized carbons (Fsp3) is 0.500. The average molecular weight is 324 g/mol. The predicted octanol–water partition coefficient (Wildman–Crippen LogP) is 2.36. The van der Waals surface area contributed by atoms with Crippen molar-refractivity contribution in [2.75, 3.05) is 13.2 Å². The van der Waals surface area contributed by atoms with Gasteiger partial charge in [0.1, 0.15) is 12.4 Å². The summed E-state index contributed by atoms with van der Waals surface area (Å²) < 4.78 is 5.67. The number of carbonyl (C=O) groups excluding carboxylic acids is 1. The first-order chi connectivity index (χ1) is 10.5. The van der Waals surface area contributed by atoms with Crippen molar-refractivity contribution in [3.05, 3.63) is 28.8 Å². The summed E-state index contributed by atoms with van der Waals surface area (Å²) in [5.41, 5.74) is 0.936. The SMILES string of the molecule is O=C(O)CC1CCCN1C(=O)C1COc2ccc(Cl)cc2C1. The normalized spacial score (nSPS) is 23.8. The third kappa shape index (κ3) is 3.04. The number of fused-ring (bicyclic) bond motifs is 1. The molecule has 1 aromatic carbocycles. The molecule has 1 fully saturated rings. The maximum Gasteiger partial charge on any atom is 0.305 e. The smallest absolute Gasteiger partial charge is 0.305 e. The predicted molar refractivity (Wildman–Crippen MR) is 81.1 cm³/mol. The molecule has 0 bridgehead atoms. The van der Waals surface area contributed by atoms with E-state index in [9.17, 15) is 9.59 Å². The third-order valence-corrected chi connectivity index (χ3v) is 4.58. The van der Waals surface area contributed by atoms with Gasteiger partial charge in [0.2, 0.25) is 5.91 Å². The molecule has 0 radical (unpaired) electrons. The zero-order valence-electron chi connectivity index (χ0n) is 12.1. The van der Waals surface area contributed by atoms with Gasteiger partial charge in [-0.1, -0.05) is 11.6 Å². The van der Waals surface area contributed by atoms with Crippen molar-refractivity contribution < 1.29 is 19.4 Å². The summed E-state index contributed by atoms with van der Waals surface area (Å²) in [6, 6.07) is 5.23. The summed E-state index contributed by atoms with van der Waals surface area (Å²) >= 11 is 6.00. The molecule has 1 saturated heterocycles. The number of carboxylic acid groups (broad SMARTS) is 1. The quantitative estimate of drug-likeness (QED) is 0.927. The molecular formula is C16H18ClNO4. The third-order valence-electron chi connectivity index (χ3n) is 4.35. The van der Waals surface area contributed by atoms with Gasteiger partial charge in [-0.25, -0.2) is 0 Å². The van der Waals surface area contributed by atoms with Crippen molar-refractivity contribution in [3.63, 3.8) is 0 Å². The zero-order valence-corrected chi connectivity index (χ0v) is 12.9. The minimum absolute atomic E-state index is 0.00521. The van der Waals surface area contributed by atoms with E-state index in [0.717, 1.165) is 24.2 Å². The van der Waals surface area contributed by atoms with E-state index in [1.807, 2.05) is 12.1 Å². The minimum atomic E-state index is -0.860. The summed E-state index contributed by atoms with van der Waals surface area (Å²) in [6.45, 7) is 0.972. The Morgan fingerprint density at radius 1 is 1.41 bits per heavy atom. The lowest BCUT2D eigenvalue weighted by atomic mass is 9.95. The number of aliphatic carboxylic acids is 1. The number of likely N-dealkylation sites (tertiary alicyclic amines) is 1. The van der Waals surface area contributed by atoms with Gasteiger partial charge in [-0.3, -0.25) is 9.59 Å². The van der Waals surface area contributed by atoms with E-state index in [1.54, 1.807) is 11.0 Å². The Bertz CT molecular complexity index is 604. The first kappa shape index (κ1) is 15.2. The highest BCUT2D eigenvalue weighted by molar-refractivity contribution is 6.30. The number of nitrogens with zero attached hydrogens (tertiary/aromatic N) is 1.